The number of carbonyl (C=O) groups excluding carboxylic acids is 1. The second kappa shape index (κ2) is 7.61. The Balaban J connectivity index is 1.97. The van der Waals surface area contributed by atoms with E-state index in [1.165, 1.54) is 28.9 Å². The number of nitrogens with zero attached hydrogens (tertiary/aromatic N) is 3. The predicted molar refractivity (Wildman–Crippen MR) is 105 cm³/mol. The molecule has 9 heteroatoms. The van der Waals surface area contributed by atoms with Crippen molar-refractivity contribution in [2.45, 2.75) is 13.8 Å². The number of rotatable bonds is 4. The topological polar surface area (TPSA) is 107 Å². The van der Waals surface area contributed by atoms with E-state index in [9.17, 15) is 19.7 Å². The molecular formula is C19H15ClN4O4. The van der Waals surface area contributed by atoms with Crippen LogP contribution in [0.15, 0.2) is 53.3 Å². The molecule has 0 aliphatic carbocycles. The minimum Gasteiger partial charge on any atom is -0.320 e. The molecule has 0 atom stereocenters. The zero-order valence-corrected chi connectivity index (χ0v) is 15.7. The molecule has 1 heterocycles. The number of benzene rings is 2. The van der Waals surface area contributed by atoms with E-state index in [0.29, 0.717) is 22.0 Å². The Kier molecular flexibility index (Phi) is 5.23. The molecule has 0 fully saturated rings. The maximum atomic E-state index is 12.6. The molecule has 1 N–H and O–H groups in total. The van der Waals surface area contributed by atoms with Gasteiger partial charge in [0.05, 0.1) is 10.6 Å². The third-order valence-corrected chi connectivity index (χ3v) is 4.31. The van der Waals surface area contributed by atoms with E-state index in [2.05, 4.69) is 10.4 Å². The van der Waals surface area contributed by atoms with Crippen molar-refractivity contribution in [3.63, 3.8) is 0 Å². The fourth-order valence-electron chi connectivity index (χ4n) is 2.62. The van der Waals surface area contributed by atoms with E-state index in [0.717, 1.165) is 0 Å². The Morgan fingerprint density at radius 2 is 1.82 bits per heavy atom. The van der Waals surface area contributed by atoms with Crippen LogP contribution in [0, 0.1) is 24.0 Å². The lowest BCUT2D eigenvalue weighted by Crippen LogP contribution is -2.26. The molecule has 1 amide bonds. The van der Waals surface area contributed by atoms with Crippen molar-refractivity contribution in [3.8, 4) is 5.69 Å². The molecule has 0 saturated heterocycles. The molecule has 0 bridgehead atoms. The van der Waals surface area contributed by atoms with Gasteiger partial charge in [-0.3, -0.25) is 19.7 Å². The summed E-state index contributed by atoms with van der Waals surface area (Å²) < 4.78 is 1.45. The first kappa shape index (κ1) is 19.2. The standard InChI is InChI=1S/C19H15ClN4O4/c1-11-3-6-14(10-16(11)24(27)28)21-19(26)18-17(25)9-12(2)23(22-18)15-7-4-13(20)5-8-15/h3-10H,1-2H3,(H,21,26). The van der Waals surface area contributed by atoms with Crippen molar-refractivity contribution >= 4 is 28.9 Å². The van der Waals surface area contributed by atoms with Gasteiger partial charge in [0.15, 0.2) is 5.69 Å². The highest BCUT2D eigenvalue weighted by Gasteiger charge is 2.18. The molecule has 0 saturated carbocycles. The smallest absolute Gasteiger partial charge is 0.280 e. The van der Waals surface area contributed by atoms with E-state index >= 15 is 0 Å². The molecule has 0 spiro atoms. The molecule has 3 aromatic rings. The maximum Gasteiger partial charge on any atom is 0.280 e. The number of nitro groups is 1. The third kappa shape index (κ3) is 3.91. The van der Waals surface area contributed by atoms with Gasteiger partial charge < -0.3 is 5.32 Å². The van der Waals surface area contributed by atoms with Gasteiger partial charge in [-0.05, 0) is 44.2 Å². The van der Waals surface area contributed by atoms with E-state index in [1.54, 1.807) is 38.1 Å². The Bertz CT molecular complexity index is 1140. The number of halogens is 1. The number of nitro benzene ring substituents is 1. The van der Waals surface area contributed by atoms with Crippen molar-refractivity contribution < 1.29 is 9.72 Å². The van der Waals surface area contributed by atoms with E-state index in [-0.39, 0.29) is 17.1 Å². The molecular weight excluding hydrogens is 384 g/mol. The number of aromatic nitrogens is 2. The number of hydrogen-bond acceptors (Lipinski definition) is 5. The van der Waals surface area contributed by atoms with E-state index < -0.39 is 16.3 Å². The summed E-state index contributed by atoms with van der Waals surface area (Å²) in [6, 6.07) is 12.3. The number of hydrogen-bond donors (Lipinski definition) is 1. The highest BCUT2D eigenvalue weighted by Crippen LogP contribution is 2.22. The number of nitrogens with one attached hydrogen (secondary N) is 1. The van der Waals surface area contributed by atoms with Crippen LogP contribution in [0.5, 0.6) is 0 Å². The van der Waals surface area contributed by atoms with Crippen LogP contribution < -0.4 is 10.7 Å². The second-order valence-electron chi connectivity index (χ2n) is 6.10. The monoisotopic (exact) mass is 398 g/mol. The highest BCUT2D eigenvalue weighted by atomic mass is 35.5. The van der Waals surface area contributed by atoms with Crippen LogP contribution in [-0.4, -0.2) is 20.6 Å². The van der Waals surface area contributed by atoms with Crippen molar-refractivity contribution in [3.05, 3.63) is 90.8 Å². The molecule has 2 aromatic carbocycles. The Hall–Kier alpha value is -3.52. The second-order valence-corrected chi connectivity index (χ2v) is 6.54. The molecule has 0 unspecified atom stereocenters. The maximum absolute atomic E-state index is 12.6. The fourth-order valence-corrected chi connectivity index (χ4v) is 2.75. The van der Waals surface area contributed by atoms with Gasteiger partial charge in [0.2, 0.25) is 5.43 Å². The lowest BCUT2D eigenvalue weighted by atomic mass is 10.2. The summed E-state index contributed by atoms with van der Waals surface area (Å²) in [5, 5.41) is 18.3. The van der Waals surface area contributed by atoms with Crippen LogP contribution in [0.2, 0.25) is 5.02 Å². The summed E-state index contributed by atoms with van der Waals surface area (Å²) in [5.41, 5.74) is 0.805. The van der Waals surface area contributed by atoms with Crippen LogP contribution in [0.3, 0.4) is 0 Å². The SMILES string of the molecule is Cc1ccc(NC(=O)c2nn(-c3ccc(Cl)cc3)c(C)cc2=O)cc1[N+](=O)[O-]. The van der Waals surface area contributed by atoms with Gasteiger partial charge in [-0.25, -0.2) is 4.68 Å². The van der Waals surface area contributed by atoms with Crippen LogP contribution in [-0.2, 0) is 0 Å². The quantitative estimate of drug-likeness (QED) is 0.533. The van der Waals surface area contributed by atoms with Gasteiger partial charge in [-0.2, -0.15) is 5.10 Å². The minimum atomic E-state index is -0.758. The van der Waals surface area contributed by atoms with Crippen LogP contribution in [0.4, 0.5) is 11.4 Å². The molecule has 8 nitrogen and oxygen atoms in total. The Morgan fingerprint density at radius 3 is 2.46 bits per heavy atom. The molecule has 1 aromatic heterocycles. The zero-order chi connectivity index (χ0) is 20.4. The van der Waals surface area contributed by atoms with Gasteiger partial charge >= 0.3 is 0 Å². The van der Waals surface area contributed by atoms with Crippen LogP contribution in [0.25, 0.3) is 5.69 Å². The Labute approximate surface area is 164 Å². The zero-order valence-electron chi connectivity index (χ0n) is 15.0. The lowest BCUT2D eigenvalue weighted by molar-refractivity contribution is -0.385. The van der Waals surface area contributed by atoms with Crippen LogP contribution in [0.1, 0.15) is 21.7 Å². The number of amides is 1. The number of anilines is 1. The summed E-state index contributed by atoms with van der Waals surface area (Å²) in [6.07, 6.45) is 0. The van der Waals surface area contributed by atoms with Gasteiger partial charge in [-0.15, -0.1) is 0 Å². The first-order valence-corrected chi connectivity index (χ1v) is 8.57. The first-order valence-electron chi connectivity index (χ1n) is 8.19. The van der Waals surface area contributed by atoms with Gasteiger partial charge in [-0.1, -0.05) is 17.7 Å². The predicted octanol–water partition coefficient (Wildman–Crippen LogP) is 3.66. The van der Waals surface area contributed by atoms with E-state index in [1.807, 2.05) is 0 Å². The summed E-state index contributed by atoms with van der Waals surface area (Å²) in [6.45, 7) is 3.28. The average Bonchev–Trinajstić information content (AvgIpc) is 2.64. The normalized spacial score (nSPS) is 10.5. The third-order valence-electron chi connectivity index (χ3n) is 4.06. The van der Waals surface area contributed by atoms with E-state index in [4.69, 9.17) is 11.6 Å². The largest absolute Gasteiger partial charge is 0.320 e. The van der Waals surface area contributed by atoms with Gasteiger partial charge in [0.1, 0.15) is 0 Å². The molecule has 0 aliphatic rings. The average molecular weight is 399 g/mol. The highest BCUT2D eigenvalue weighted by molar-refractivity contribution is 6.30. The van der Waals surface area contributed by atoms with Crippen molar-refractivity contribution in [2.75, 3.05) is 5.32 Å². The minimum absolute atomic E-state index is 0.131. The number of aryl methyl sites for hydroxylation is 2. The molecule has 0 radical (unpaired) electrons. The molecule has 3 rings (SSSR count). The Morgan fingerprint density at radius 1 is 1.14 bits per heavy atom. The number of carbonyl (C=O) groups is 1. The summed E-state index contributed by atoms with van der Waals surface area (Å²) >= 11 is 5.89. The van der Waals surface area contributed by atoms with Gasteiger partial charge in [0, 0.05) is 34.1 Å². The molecule has 142 valence electrons. The van der Waals surface area contributed by atoms with Crippen molar-refractivity contribution in [2.24, 2.45) is 0 Å². The van der Waals surface area contributed by atoms with Crippen molar-refractivity contribution in [1.29, 1.82) is 0 Å². The summed E-state index contributed by atoms with van der Waals surface area (Å²) in [5.74, 6) is -0.758. The fraction of sp³-hybridized carbons (Fsp3) is 0.105. The lowest BCUT2D eigenvalue weighted by Gasteiger charge is -2.11. The summed E-state index contributed by atoms with van der Waals surface area (Å²) in [7, 11) is 0. The first-order chi connectivity index (χ1) is 13.3. The molecule has 28 heavy (non-hydrogen) atoms. The van der Waals surface area contributed by atoms with Crippen molar-refractivity contribution in [1.82, 2.24) is 9.78 Å². The van der Waals surface area contributed by atoms with Gasteiger partial charge in [0.25, 0.3) is 11.6 Å². The summed E-state index contributed by atoms with van der Waals surface area (Å²) in [4.78, 5) is 35.4. The van der Waals surface area contributed by atoms with Crippen LogP contribution >= 0.6 is 11.6 Å². The molecule has 0 aliphatic heterocycles.